The average Bonchev–Trinajstić information content (AvgIpc) is 2.84. The summed E-state index contributed by atoms with van der Waals surface area (Å²) in [6.45, 7) is 0.0652. The summed E-state index contributed by atoms with van der Waals surface area (Å²) in [5.74, 6) is 0.616. The van der Waals surface area contributed by atoms with Crippen LogP contribution in [0.2, 0.25) is 0 Å². The number of aliphatic hydroxyl groups is 1. The second-order valence-electron chi connectivity index (χ2n) is 2.81. The second-order valence-corrected chi connectivity index (χ2v) is 5.27. The van der Waals surface area contributed by atoms with Crippen molar-refractivity contribution in [1.82, 2.24) is 10.1 Å². The molecule has 2 heterocycles. The summed E-state index contributed by atoms with van der Waals surface area (Å²) in [7, 11) is 0. The number of halogens is 1. The minimum Gasteiger partial charge on any atom is -0.382 e. The van der Waals surface area contributed by atoms with Gasteiger partial charge in [0.1, 0.15) is 6.10 Å². The van der Waals surface area contributed by atoms with Gasteiger partial charge in [0.25, 0.3) is 5.89 Å². The van der Waals surface area contributed by atoms with Crippen molar-refractivity contribution in [2.45, 2.75) is 6.10 Å². The molecule has 7 heteroatoms. The molecule has 0 aliphatic rings. The number of nitrogens with zero attached hydrogens (tertiary/aromatic N) is 2. The van der Waals surface area contributed by atoms with E-state index in [0.717, 1.165) is 8.66 Å². The second kappa shape index (κ2) is 4.40. The van der Waals surface area contributed by atoms with Crippen molar-refractivity contribution < 1.29 is 9.63 Å². The van der Waals surface area contributed by atoms with Crippen LogP contribution in [0.25, 0.3) is 10.7 Å². The van der Waals surface area contributed by atoms with Gasteiger partial charge in [-0.15, -0.1) is 11.3 Å². The lowest BCUT2D eigenvalue weighted by molar-refractivity contribution is 0.141. The highest BCUT2D eigenvalue weighted by Crippen LogP contribution is 2.29. The van der Waals surface area contributed by atoms with Gasteiger partial charge in [0, 0.05) is 6.54 Å². The molecule has 5 nitrogen and oxygen atoms in total. The normalized spacial score (nSPS) is 13.0. The van der Waals surface area contributed by atoms with Gasteiger partial charge < -0.3 is 15.4 Å². The molecule has 0 radical (unpaired) electrons. The number of nitrogens with two attached hydrogens (primary N) is 1. The highest BCUT2D eigenvalue weighted by atomic mass is 79.9. The molecule has 0 saturated carbocycles. The van der Waals surface area contributed by atoms with Crippen molar-refractivity contribution in [3.63, 3.8) is 0 Å². The van der Waals surface area contributed by atoms with Crippen LogP contribution in [-0.4, -0.2) is 21.8 Å². The quantitative estimate of drug-likeness (QED) is 0.896. The van der Waals surface area contributed by atoms with E-state index in [0.29, 0.717) is 5.82 Å². The molecule has 3 N–H and O–H groups in total. The third-order valence-electron chi connectivity index (χ3n) is 1.74. The van der Waals surface area contributed by atoms with Gasteiger partial charge in [0.2, 0.25) is 5.82 Å². The molecule has 2 aromatic rings. The van der Waals surface area contributed by atoms with Gasteiger partial charge in [-0.1, -0.05) is 5.16 Å². The fraction of sp³-hybridized carbons (Fsp3) is 0.250. The Morgan fingerprint density at radius 2 is 2.40 bits per heavy atom. The molecule has 0 aromatic carbocycles. The third-order valence-corrected chi connectivity index (χ3v) is 3.36. The first-order chi connectivity index (χ1) is 7.20. The summed E-state index contributed by atoms with van der Waals surface area (Å²) in [5, 5.41) is 13.1. The molecule has 1 unspecified atom stereocenters. The molecular weight excluding hydrogens is 282 g/mol. The van der Waals surface area contributed by atoms with Gasteiger partial charge in [0.05, 0.1) is 8.66 Å². The Balaban J connectivity index is 2.27. The first kappa shape index (κ1) is 10.7. The first-order valence-electron chi connectivity index (χ1n) is 4.18. The van der Waals surface area contributed by atoms with Crippen LogP contribution >= 0.6 is 27.3 Å². The number of rotatable bonds is 3. The van der Waals surface area contributed by atoms with Crippen molar-refractivity contribution in [2.75, 3.05) is 6.54 Å². The molecule has 0 bridgehead atoms. The maximum atomic E-state index is 9.37. The van der Waals surface area contributed by atoms with E-state index >= 15 is 0 Å². The minimum absolute atomic E-state index is 0.0652. The van der Waals surface area contributed by atoms with Crippen LogP contribution in [-0.2, 0) is 0 Å². The van der Waals surface area contributed by atoms with Crippen molar-refractivity contribution in [3.8, 4) is 10.7 Å². The molecule has 0 spiro atoms. The first-order valence-corrected chi connectivity index (χ1v) is 5.79. The summed E-state index contributed by atoms with van der Waals surface area (Å²) < 4.78 is 5.87. The van der Waals surface area contributed by atoms with Crippen molar-refractivity contribution in [1.29, 1.82) is 0 Å². The molecular formula is C8H8BrN3O2S. The molecule has 0 aliphatic heterocycles. The standard InChI is InChI=1S/C8H8BrN3O2S/c9-6-2-1-5(15-6)7-11-8(14-12-7)4(13)3-10/h1-2,4,13H,3,10H2. The molecule has 2 aromatic heterocycles. The molecule has 0 aliphatic carbocycles. The van der Waals surface area contributed by atoms with Crippen molar-refractivity contribution >= 4 is 27.3 Å². The highest BCUT2D eigenvalue weighted by molar-refractivity contribution is 9.11. The van der Waals surface area contributed by atoms with Gasteiger partial charge in [0.15, 0.2) is 0 Å². The third kappa shape index (κ3) is 2.25. The van der Waals surface area contributed by atoms with E-state index < -0.39 is 6.10 Å². The molecule has 80 valence electrons. The zero-order chi connectivity index (χ0) is 10.8. The Labute approximate surface area is 98.0 Å². The van der Waals surface area contributed by atoms with Crippen LogP contribution < -0.4 is 5.73 Å². The van der Waals surface area contributed by atoms with E-state index in [9.17, 15) is 5.11 Å². The molecule has 1 atom stereocenters. The minimum atomic E-state index is -0.894. The molecule has 15 heavy (non-hydrogen) atoms. The SMILES string of the molecule is NCC(O)c1nc(-c2ccc(Br)s2)no1. The summed E-state index contributed by atoms with van der Waals surface area (Å²) in [6.07, 6.45) is -0.894. The summed E-state index contributed by atoms with van der Waals surface area (Å²) >= 11 is 4.83. The number of aliphatic hydroxyl groups excluding tert-OH is 1. The predicted octanol–water partition coefficient (Wildman–Crippen LogP) is 1.55. The Hall–Kier alpha value is -0.760. The zero-order valence-electron chi connectivity index (χ0n) is 7.55. The maximum absolute atomic E-state index is 9.37. The molecule has 0 amide bonds. The van der Waals surface area contributed by atoms with E-state index in [4.69, 9.17) is 10.3 Å². The topological polar surface area (TPSA) is 85.2 Å². The average molecular weight is 290 g/mol. The number of thiophene rings is 1. The van der Waals surface area contributed by atoms with Crippen LogP contribution in [0.15, 0.2) is 20.4 Å². The van der Waals surface area contributed by atoms with Crippen LogP contribution in [0.5, 0.6) is 0 Å². The number of hydrogen-bond donors (Lipinski definition) is 2. The number of aromatic nitrogens is 2. The van der Waals surface area contributed by atoms with Gasteiger partial charge >= 0.3 is 0 Å². The van der Waals surface area contributed by atoms with E-state index in [2.05, 4.69) is 26.1 Å². The van der Waals surface area contributed by atoms with Crippen LogP contribution in [0, 0.1) is 0 Å². The van der Waals surface area contributed by atoms with Crippen molar-refractivity contribution in [3.05, 3.63) is 21.8 Å². The van der Waals surface area contributed by atoms with E-state index in [1.807, 2.05) is 12.1 Å². The Kier molecular flexibility index (Phi) is 3.15. The van der Waals surface area contributed by atoms with E-state index in [-0.39, 0.29) is 12.4 Å². The van der Waals surface area contributed by atoms with Crippen LogP contribution in [0.3, 0.4) is 0 Å². The highest BCUT2D eigenvalue weighted by Gasteiger charge is 2.16. The number of hydrogen-bond acceptors (Lipinski definition) is 6. The Morgan fingerprint density at radius 3 is 3.00 bits per heavy atom. The van der Waals surface area contributed by atoms with Gasteiger partial charge in [-0.2, -0.15) is 4.98 Å². The van der Waals surface area contributed by atoms with E-state index in [1.54, 1.807) is 0 Å². The Bertz CT molecular complexity index is 456. The zero-order valence-corrected chi connectivity index (χ0v) is 9.96. The lowest BCUT2D eigenvalue weighted by atomic mass is 10.3. The van der Waals surface area contributed by atoms with Gasteiger partial charge in [-0.05, 0) is 28.1 Å². The van der Waals surface area contributed by atoms with Crippen LogP contribution in [0.4, 0.5) is 0 Å². The van der Waals surface area contributed by atoms with Crippen molar-refractivity contribution in [2.24, 2.45) is 5.73 Å². The maximum Gasteiger partial charge on any atom is 0.257 e. The summed E-state index contributed by atoms with van der Waals surface area (Å²) in [6, 6.07) is 3.77. The molecule has 0 fully saturated rings. The van der Waals surface area contributed by atoms with E-state index in [1.165, 1.54) is 11.3 Å². The summed E-state index contributed by atoms with van der Waals surface area (Å²) in [4.78, 5) is 4.92. The Morgan fingerprint density at radius 1 is 1.60 bits per heavy atom. The van der Waals surface area contributed by atoms with Gasteiger partial charge in [-0.3, -0.25) is 0 Å². The lowest BCUT2D eigenvalue weighted by Crippen LogP contribution is -2.11. The fourth-order valence-electron chi connectivity index (χ4n) is 1.01. The smallest absolute Gasteiger partial charge is 0.257 e. The molecule has 2 rings (SSSR count). The largest absolute Gasteiger partial charge is 0.382 e. The summed E-state index contributed by atoms with van der Waals surface area (Å²) in [5.41, 5.74) is 5.27. The monoisotopic (exact) mass is 289 g/mol. The molecule has 0 saturated heterocycles. The van der Waals surface area contributed by atoms with Gasteiger partial charge in [-0.25, -0.2) is 0 Å². The predicted molar refractivity (Wildman–Crippen MR) is 59.3 cm³/mol. The lowest BCUT2D eigenvalue weighted by Gasteiger charge is -1.97. The van der Waals surface area contributed by atoms with Crippen LogP contribution in [0.1, 0.15) is 12.0 Å². The fourth-order valence-corrected chi connectivity index (χ4v) is 2.32.